The molecule has 1 unspecified atom stereocenters. The third kappa shape index (κ3) is 9.06. The third-order valence-electron chi connectivity index (χ3n) is 5.13. The zero-order valence-corrected chi connectivity index (χ0v) is 22.3. The maximum atomic E-state index is 13.6. The summed E-state index contributed by atoms with van der Waals surface area (Å²) in [5.74, 6) is -0.624. The number of nitrogens with one attached hydrogen (secondary N) is 2. The average molecular weight is 462 g/mol. The molecule has 0 aliphatic carbocycles. The molecule has 0 aliphatic heterocycles. The van der Waals surface area contributed by atoms with E-state index >= 15 is 0 Å². The van der Waals surface area contributed by atoms with Gasteiger partial charge in [-0.15, -0.1) is 0 Å². The van der Waals surface area contributed by atoms with Crippen LogP contribution in [0.5, 0.6) is 0 Å². The zero-order valence-electron chi connectivity index (χ0n) is 22.3. The fourth-order valence-corrected chi connectivity index (χ4v) is 3.57. The molecule has 0 radical (unpaired) electrons. The minimum atomic E-state index is -0.856. The quantitative estimate of drug-likeness (QED) is 0.610. The van der Waals surface area contributed by atoms with Gasteiger partial charge in [-0.05, 0) is 81.2 Å². The summed E-state index contributed by atoms with van der Waals surface area (Å²) in [6.45, 7) is 20.5. The number of benzene rings is 1. The molecule has 186 valence electrons. The molecule has 3 amide bonds. The van der Waals surface area contributed by atoms with Gasteiger partial charge in [0.2, 0.25) is 11.8 Å². The number of nitrogens with zero attached hydrogens (tertiary/aromatic N) is 1. The molecule has 1 atom stereocenters. The van der Waals surface area contributed by atoms with E-state index < -0.39 is 28.8 Å². The molecule has 0 aliphatic rings. The Morgan fingerprint density at radius 2 is 1.45 bits per heavy atom. The van der Waals surface area contributed by atoms with Crippen LogP contribution in [0, 0.1) is 13.8 Å². The summed E-state index contributed by atoms with van der Waals surface area (Å²) in [6.07, 6.45) is -0.0536. The van der Waals surface area contributed by atoms with Gasteiger partial charge in [0.05, 0.1) is 0 Å². The maximum Gasteiger partial charge on any atom is 0.408 e. The monoisotopic (exact) mass is 461 g/mol. The Hall–Kier alpha value is -2.57. The highest BCUT2D eigenvalue weighted by molar-refractivity contribution is 5.91. The third-order valence-corrected chi connectivity index (χ3v) is 5.13. The summed E-state index contributed by atoms with van der Waals surface area (Å²) in [4.78, 5) is 40.9. The lowest BCUT2D eigenvalue weighted by Crippen LogP contribution is -2.57. The minimum absolute atomic E-state index is 0.264. The van der Waals surface area contributed by atoms with Gasteiger partial charge < -0.3 is 20.3 Å². The van der Waals surface area contributed by atoms with Crippen LogP contribution in [0.15, 0.2) is 18.2 Å². The van der Waals surface area contributed by atoms with Crippen molar-refractivity contribution in [1.82, 2.24) is 15.5 Å². The molecule has 2 N–H and O–H groups in total. The highest BCUT2D eigenvalue weighted by atomic mass is 16.6. The van der Waals surface area contributed by atoms with Crippen LogP contribution in [0.3, 0.4) is 0 Å². The minimum Gasteiger partial charge on any atom is -0.444 e. The van der Waals surface area contributed by atoms with Crippen molar-refractivity contribution < 1.29 is 19.1 Å². The molecule has 0 saturated heterocycles. The van der Waals surface area contributed by atoms with Crippen LogP contribution in [-0.2, 0) is 14.3 Å². The molecule has 7 heteroatoms. The second-order valence-electron chi connectivity index (χ2n) is 11.3. The van der Waals surface area contributed by atoms with Crippen LogP contribution in [-0.4, -0.2) is 46.0 Å². The lowest BCUT2D eigenvalue weighted by molar-refractivity contribution is -0.147. The van der Waals surface area contributed by atoms with Gasteiger partial charge in [0.15, 0.2) is 0 Å². The number of carbonyl (C=O) groups excluding carboxylic acids is 3. The van der Waals surface area contributed by atoms with Crippen LogP contribution in [0.4, 0.5) is 4.79 Å². The van der Waals surface area contributed by atoms with Crippen molar-refractivity contribution >= 4 is 17.9 Å². The molecule has 0 heterocycles. The smallest absolute Gasteiger partial charge is 0.408 e. The molecular weight excluding hydrogens is 418 g/mol. The second-order valence-corrected chi connectivity index (χ2v) is 11.3. The van der Waals surface area contributed by atoms with E-state index in [1.54, 1.807) is 25.7 Å². The van der Waals surface area contributed by atoms with Crippen molar-refractivity contribution in [3.8, 4) is 0 Å². The number of amides is 3. The second kappa shape index (κ2) is 10.6. The number of alkyl carbamates (subject to hydrolysis) is 1. The van der Waals surface area contributed by atoms with E-state index in [9.17, 15) is 14.4 Å². The van der Waals surface area contributed by atoms with Gasteiger partial charge in [0, 0.05) is 11.1 Å². The fraction of sp³-hybridized carbons (Fsp3) is 0.654. The number of rotatable bonds is 7. The SMILES string of the molecule is CCC(C)(C)N(C(=O)CNC(=O)OC(C)(C)C)C(C(=O)NC(C)(C)C)c1cc(C)cc(C)c1. The Morgan fingerprint density at radius 1 is 0.939 bits per heavy atom. The largest absolute Gasteiger partial charge is 0.444 e. The first-order valence-electron chi connectivity index (χ1n) is 11.6. The molecule has 1 aromatic carbocycles. The first kappa shape index (κ1) is 28.5. The van der Waals surface area contributed by atoms with Gasteiger partial charge in [-0.1, -0.05) is 36.2 Å². The topological polar surface area (TPSA) is 87.7 Å². The Kier molecular flexibility index (Phi) is 9.12. The summed E-state index contributed by atoms with van der Waals surface area (Å²) < 4.78 is 5.27. The first-order valence-corrected chi connectivity index (χ1v) is 11.6. The first-order chi connectivity index (χ1) is 14.9. The van der Waals surface area contributed by atoms with Crippen molar-refractivity contribution in [2.45, 2.75) is 105 Å². The lowest BCUT2D eigenvalue weighted by atomic mass is 9.91. The molecule has 1 aromatic rings. The van der Waals surface area contributed by atoms with Crippen molar-refractivity contribution in [2.75, 3.05) is 6.54 Å². The normalized spacial score (nSPS) is 13.2. The highest BCUT2D eigenvalue weighted by Gasteiger charge is 2.41. The van der Waals surface area contributed by atoms with Gasteiger partial charge in [-0.25, -0.2) is 4.79 Å². The van der Waals surface area contributed by atoms with E-state index in [1.807, 2.05) is 73.6 Å². The Bertz CT molecular complexity index is 843. The predicted molar refractivity (Wildman–Crippen MR) is 132 cm³/mol. The van der Waals surface area contributed by atoms with Gasteiger partial charge in [0.1, 0.15) is 18.2 Å². The summed E-state index contributed by atoms with van der Waals surface area (Å²) >= 11 is 0. The predicted octanol–water partition coefficient (Wildman–Crippen LogP) is 4.80. The summed E-state index contributed by atoms with van der Waals surface area (Å²) in [5.41, 5.74) is 0.947. The van der Waals surface area contributed by atoms with E-state index in [0.29, 0.717) is 6.42 Å². The van der Waals surface area contributed by atoms with E-state index in [0.717, 1.165) is 16.7 Å². The van der Waals surface area contributed by atoms with Crippen LogP contribution < -0.4 is 10.6 Å². The Morgan fingerprint density at radius 3 is 1.88 bits per heavy atom. The van der Waals surface area contributed by atoms with E-state index in [1.165, 1.54) is 0 Å². The molecule has 0 bridgehead atoms. The van der Waals surface area contributed by atoms with E-state index in [4.69, 9.17) is 4.74 Å². The van der Waals surface area contributed by atoms with Crippen molar-refractivity contribution in [3.63, 3.8) is 0 Å². The van der Waals surface area contributed by atoms with E-state index in [2.05, 4.69) is 10.6 Å². The molecular formula is C26H43N3O4. The number of carbonyl (C=O) groups is 3. The molecule has 33 heavy (non-hydrogen) atoms. The van der Waals surface area contributed by atoms with Crippen LogP contribution in [0.25, 0.3) is 0 Å². The number of ether oxygens (including phenoxy) is 1. The average Bonchev–Trinajstić information content (AvgIpc) is 2.60. The van der Waals surface area contributed by atoms with Crippen LogP contribution >= 0.6 is 0 Å². The Balaban J connectivity index is 3.47. The molecule has 0 aromatic heterocycles. The molecule has 0 spiro atoms. The van der Waals surface area contributed by atoms with E-state index in [-0.39, 0.29) is 18.4 Å². The lowest BCUT2D eigenvalue weighted by Gasteiger charge is -2.44. The molecule has 0 fully saturated rings. The van der Waals surface area contributed by atoms with Crippen LogP contribution in [0.1, 0.15) is 91.5 Å². The van der Waals surface area contributed by atoms with Gasteiger partial charge in [-0.3, -0.25) is 9.59 Å². The van der Waals surface area contributed by atoms with Gasteiger partial charge in [0.25, 0.3) is 0 Å². The molecule has 7 nitrogen and oxygen atoms in total. The molecule has 0 saturated carbocycles. The van der Waals surface area contributed by atoms with Gasteiger partial charge in [-0.2, -0.15) is 0 Å². The van der Waals surface area contributed by atoms with Crippen LogP contribution in [0.2, 0.25) is 0 Å². The van der Waals surface area contributed by atoms with Crippen molar-refractivity contribution in [3.05, 3.63) is 34.9 Å². The summed E-state index contributed by atoms with van der Waals surface area (Å²) in [6, 6.07) is 5.05. The number of aryl methyl sites for hydroxylation is 2. The summed E-state index contributed by atoms with van der Waals surface area (Å²) in [5, 5.41) is 5.59. The molecule has 1 rings (SSSR count). The number of hydrogen-bond donors (Lipinski definition) is 2. The number of hydrogen-bond acceptors (Lipinski definition) is 4. The fourth-order valence-electron chi connectivity index (χ4n) is 3.57. The summed E-state index contributed by atoms with van der Waals surface area (Å²) in [7, 11) is 0. The van der Waals surface area contributed by atoms with Gasteiger partial charge >= 0.3 is 6.09 Å². The Labute approximate surface area is 199 Å². The van der Waals surface area contributed by atoms with Crippen molar-refractivity contribution in [1.29, 1.82) is 0 Å². The highest BCUT2D eigenvalue weighted by Crippen LogP contribution is 2.32. The zero-order chi connectivity index (χ0) is 25.8. The van der Waals surface area contributed by atoms with Crippen molar-refractivity contribution in [2.24, 2.45) is 0 Å². The standard InChI is InChI=1S/C26H43N3O4/c1-12-26(10,11)29(20(30)16-27-23(32)33-25(7,8)9)21(22(31)28-24(4,5)6)19-14-17(2)13-18(3)15-19/h13-15,21H,12,16H2,1-11H3,(H,27,32)(H,28,31). The maximum absolute atomic E-state index is 13.6.